The van der Waals surface area contributed by atoms with E-state index in [9.17, 15) is 0 Å². The summed E-state index contributed by atoms with van der Waals surface area (Å²) in [6, 6.07) is 0. The zero-order valence-electron chi connectivity index (χ0n) is 10.8. The molecule has 0 amide bonds. The van der Waals surface area contributed by atoms with Gasteiger partial charge in [0, 0.05) is 5.75 Å². The second kappa shape index (κ2) is 12.4. The summed E-state index contributed by atoms with van der Waals surface area (Å²) >= 11 is 5.23. The molecule has 0 aliphatic rings. The van der Waals surface area contributed by atoms with Crippen molar-refractivity contribution < 1.29 is 0 Å². The predicted molar refractivity (Wildman–Crippen MR) is 73.5 cm³/mol. The molecule has 0 heterocycles. The first kappa shape index (κ1) is 15.3. The van der Waals surface area contributed by atoms with Crippen LogP contribution in [0.5, 0.6) is 0 Å². The lowest BCUT2D eigenvalue weighted by atomic mass is 9.96. The molecule has 0 aromatic heterocycles. The van der Waals surface area contributed by atoms with Gasteiger partial charge in [0.25, 0.3) is 0 Å². The number of hydrogen-bond donors (Lipinski definition) is 0. The van der Waals surface area contributed by atoms with Gasteiger partial charge in [0.1, 0.15) is 0 Å². The Hall–Kier alpha value is 0.350. The highest BCUT2D eigenvalue weighted by atomic mass is 32.1. The molecule has 0 bridgehead atoms. The molecule has 1 radical (unpaired) electrons. The van der Waals surface area contributed by atoms with Crippen LogP contribution in [0.4, 0.5) is 0 Å². The van der Waals surface area contributed by atoms with Gasteiger partial charge in [-0.2, -0.15) is 0 Å². The van der Waals surface area contributed by atoms with E-state index in [4.69, 9.17) is 12.6 Å². The van der Waals surface area contributed by atoms with Crippen LogP contribution in [-0.2, 0) is 0 Å². The molecule has 0 unspecified atom stereocenters. The SMILES string of the molecule is CCCCCCC(C[S])CCCCCC. The van der Waals surface area contributed by atoms with Crippen molar-refractivity contribution >= 4 is 12.6 Å². The summed E-state index contributed by atoms with van der Waals surface area (Å²) in [5.41, 5.74) is 0. The van der Waals surface area contributed by atoms with Gasteiger partial charge < -0.3 is 0 Å². The first-order valence-electron chi connectivity index (χ1n) is 6.93. The number of hydrogen-bond acceptors (Lipinski definition) is 0. The fourth-order valence-electron chi connectivity index (χ4n) is 2.03. The van der Waals surface area contributed by atoms with E-state index in [0.717, 1.165) is 11.7 Å². The van der Waals surface area contributed by atoms with E-state index in [0.29, 0.717) is 0 Å². The average molecular weight is 229 g/mol. The van der Waals surface area contributed by atoms with Crippen LogP contribution >= 0.6 is 12.6 Å². The van der Waals surface area contributed by atoms with Gasteiger partial charge in [0.05, 0.1) is 0 Å². The van der Waals surface area contributed by atoms with Gasteiger partial charge >= 0.3 is 0 Å². The molecule has 0 nitrogen and oxygen atoms in total. The largest absolute Gasteiger partial charge is 0.0939 e. The Bertz CT molecular complexity index is 99.9. The third-order valence-electron chi connectivity index (χ3n) is 3.17. The van der Waals surface area contributed by atoms with Gasteiger partial charge in [-0.15, -0.1) is 0 Å². The van der Waals surface area contributed by atoms with Crippen LogP contribution in [0.15, 0.2) is 0 Å². The molecular formula is C14H29S. The van der Waals surface area contributed by atoms with Gasteiger partial charge in [-0.05, 0) is 18.8 Å². The maximum absolute atomic E-state index is 5.23. The second-order valence-electron chi connectivity index (χ2n) is 4.73. The number of unbranched alkanes of at least 4 members (excludes halogenated alkanes) is 6. The van der Waals surface area contributed by atoms with Crippen LogP contribution in [0.1, 0.15) is 78.1 Å². The van der Waals surface area contributed by atoms with Gasteiger partial charge in [-0.1, -0.05) is 77.8 Å². The highest BCUT2D eigenvalue weighted by Gasteiger charge is 2.06. The first-order chi connectivity index (χ1) is 7.35. The van der Waals surface area contributed by atoms with Gasteiger partial charge in [0.2, 0.25) is 0 Å². The minimum Gasteiger partial charge on any atom is -0.0939 e. The van der Waals surface area contributed by atoms with Crippen LogP contribution in [-0.4, -0.2) is 5.75 Å². The summed E-state index contributed by atoms with van der Waals surface area (Å²) in [7, 11) is 0. The maximum atomic E-state index is 5.23. The van der Waals surface area contributed by atoms with Crippen molar-refractivity contribution in [3.63, 3.8) is 0 Å². The lowest BCUT2D eigenvalue weighted by Crippen LogP contribution is -2.02. The molecule has 0 aliphatic carbocycles. The van der Waals surface area contributed by atoms with Crippen LogP contribution in [0.3, 0.4) is 0 Å². The molecule has 0 aromatic rings. The van der Waals surface area contributed by atoms with Crippen LogP contribution in [0.25, 0.3) is 0 Å². The second-order valence-corrected chi connectivity index (χ2v) is 5.06. The van der Waals surface area contributed by atoms with E-state index < -0.39 is 0 Å². The normalized spacial score (nSPS) is 11.2. The molecule has 0 aliphatic heterocycles. The Morgan fingerprint density at radius 2 is 1.20 bits per heavy atom. The standard InChI is InChI=1S/C14H29S/c1-3-5-7-9-11-14(13-15)12-10-8-6-4-2/h14H,3-13H2,1-2H3. The Morgan fingerprint density at radius 1 is 0.733 bits per heavy atom. The number of rotatable bonds is 11. The molecule has 0 N–H and O–H groups in total. The molecule has 0 saturated heterocycles. The quantitative estimate of drug-likeness (QED) is 0.396. The van der Waals surface area contributed by atoms with Crippen LogP contribution in [0.2, 0.25) is 0 Å². The van der Waals surface area contributed by atoms with E-state index >= 15 is 0 Å². The van der Waals surface area contributed by atoms with Crippen molar-refractivity contribution in [3.8, 4) is 0 Å². The topological polar surface area (TPSA) is 0 Å². The highest BCUT2D eigenvalue weighted by molar-refractivity contribution is 7.80. The Kier molecular flexibility index (Phi) is 12.7. The van der Waals surface area contributed by atoms with E-state index in [1.807, 2.05) is 0 Å². The third kappa shape index (κ3) is 10.6. The van der Waals surface area contributed by atoms with Crippen molar-refractivity contribution in [2.45, 2.75) is 78.1 Å². The van der Waals surface area contributed by atoms with Crippen molar-refractivity contribution in [1.82, 2.24) is 0 Å². The molecule has 0 atom stereocenters. The van der Waals surface area contributed by atoms with E-state index in [1.54, 1.807) is 0 Å². The van der Waals surface area contributed by atoms with Crippen molar-refractivity contribution in [2.75, 3.05) is 5.75 Å². The van der Waals surface area contributed by atoms with Gasteiger partial charge in [0.15, 0.2) is 0 Å². The fraction of sp³-hybridized carbons (Fsp3) is 1.00. The van der Waals surface area contributed by atoms with E-state index in [2.05, 4.69) is 13.8 Å². The Morgan fingerprint density at radius 3 is 1.53 bits per heavy atom. The maximum Gasteiger partial charge on any atom is 0.00653 e. The fourth-order valence-corrected chi connectivity index (χ4v) is 2.36. The van der Waals surface area contributed by atoms with Gasteiger partial charge in [-0.25, -0.2) is 0 Å². The lowest BCUT2D eigenvalue weighted by molar-refractivity contribution is 0.443. The molecular weight excluding hydrogens is 200 g/mol. The molecule has 91 valence electrons. The third-order valence-corrected chi connectivity index (χ3v) is 3.64. The molecule has 0 aromatic carbocycles. The summed E-state index contributed by atoms with van der Waals surface area (Å²) in [5, 5.41) is 0. The van der Waals surface area contributed by atoms with Crippen LogP contribution in [0, 0.1) is 5.92 Å². The zero-order valence-corrected chi connectivity index (χ0v) is 11.6. The summed E-state index contributed by atoms with van der Waals surface area (Å²) in [6.07, 6.45) is 13.9. The van der Waals surface area contributed by atoms with Crippen molar-refractivity contribution in [1.29, 1.82) is 0 Å². The zero-order chi connectivity index (χ0) is 11.4. The van der Waals surface area contributed by atoms with Crippen molar-refractivity contribution in [3.05, 3.63) is 0 Å². The first-order valence-corrected chi connectivity index (χ1v) is 7.50. The summed E-state index contributed by atoms with van der Waals surface area (Å²) in [4.78, 5) is 0. The molecule has 1 heteroatoms. The monoisotopic (exact) mass is 229 g/mol. The molecule has 0 rings (SSSR count). The molecule has 0 spiro atoms. The summed E-state index contributed by atoms with van der Waals surface area (Å²) in [6.45, 7) is 4.55. The molecule has 0 fully saturated rings. The minimum absolute atomic E-state index is 0.841. The molecule has 15 heavy (non-hydrogen) atoms. The smallest absolute Gasteiger partial charge is 0.00653 e. The highest BCUT2D eigenvalue weighted by Crippen LogP contribution is 2.19. The lowest BCUT2D eigenvalue weighted by Gasteiger charge is -2.13. The minimum atomic E-state index is 0.841. The summed E-state index contributed by atoms with van der Waals surface area (Å²) < 4.78 is 0. The Labute approximate surface area is 103 Å². The Balaban J connectivity index is 3.29. The van der Waals surface area contributed by atoms with Gasteiger partial charge in [-0.3, -0.25) is 0 Å². The summed E-state index contributed by atoms with van der Waals surface area (Å²) in [5.74, 6) is 1.83. The molecule has 0 saturated carbocycles. The van der Waals surface area contributed by atoms with E-state index in [1.165, 1.54) is 64.2 Å². The average Bonchev–Trinajstić information content (AvgIpc) is 2.27. The van der Waals surface area contributed by atoms with Crippen molar-refractivity contribution in [2.24, 2.45) is 5.92 Å². The predicted octanol–water partition coefficient (Wildman–Crippen LogP) is 5.74. The van der Waals surface area contributed by atoms with Crippen LogP contribution < -0.4 is 0 Å². The van der Waals surface area contributed by atoms with E-state index in [-0.39, 0.29) is 0 Å².